The van der Waals surface area contributed by atoms with Gasteiger partial charge in [0.25, 0.3) is 0 Å². The van der Waals surface area contributed by atoms with Crippen LogP contribution in [0.1, 0.15) is 49.4 Å². The second kappa shape index (κ2) is 9.41. The summed E-state index contributed by atoms with van der Waals surface area (Å²) in [4.78, 5) is 33.0. The number of rotatable bonds is 7. The van der Waals surface area contributed by atoms with Crippen molar-refractivity contribution >= 4 is 11.8 Å². The van der Waals surface area contributed by atoms with Crippen LogP contribution in [0.4, 0.5) is 0 Å². The SMILES string of the molecule is COc1ccc(C2N(CCCc3ccccc3)C(=O)C3(CCN(C(=O)C4CC4)CC3)N2C)cc1. The maximum atomic E-state index is 14.0. The van der Waals surface area contributed by atoms with E-state index in [2.05, 4.69) is 53.2 Å². The number of carbonyl (C=O) groups is 2. The maximum absolute atomic E-state index is 14.0. The molecule has 2 saturated heterocycles. The molecular formula is C28H35N3O3. The van der Waals surface area contributed by atoms with Crippen LogP contribution in [0.2, 0.25) is 0 Å². The fourth-order valence-corrected chi connectivity index (χ4v) is 5.73. The van der Waals surface area contributed by atoms with Gasteiger partial charge < -0.3 is 14.5 Å². The Balaban J connectivity index is 1.36. The topological polar surface area (TPSA) is 53.1 Å². The molecule has 3 aliphatic rings. The summed E-state index contributed by atoms with van der Waals surface area (Å²) in [5.41, 5.74) is 1.85. The highest BCUT2D eigenvalue weighted by Crippen LogP contribution is 2.45. The van der Waals surface area contributed by atoms with Gasteiger partial charge in [-0.15, -0.1) is 0 Å². The molecule has 2 aliphatic heterocycles. The van der Waals surface area contributed by atoms with Crippen LogP contribution in [0.5, 0.6) is 5.75 Å². The molecule has 6 nitrogen and oxygen atoms in total. The molecule has 1 unspecified atom stereocenters. The number of hydrogen-bond donors (Lipinski definition) is 0. The molecule has 3 fully saturated rings. The molecule has 1 saturated carbocycles. The number of carbonyl (C=O) groups excluding carboxylic acids is 2. The molecule has 2 heterocycles. The minimum atomic E-state index is -0.544. The van der Waals surface area contributed by atoms with Gasteiger partial charge in [0.1, 0.15) is 17.5 Å². The van der Waals surface area contributed by atoms with E-state index in [1.54, 1.807) is 7.11 Å². The van der Waals surface area contributed by atoms with E-state index in [4.69, 9.17) is 4.74 Å². The van der Waals surface area contributed by atoms with Crippen LogP contribution in [0.25, 0.3) is 0 Å². The lowest BCUT2D eigenvalue weighted by Gasteiger charge is -2.42. The van der Waals surface area contributed by atoms with Gasteiger partial charge in [0, 0.05) is 25.6 Å². The van der Waals surface area contributed by atoms with Gasteiger partial charge in [-0.25, -0.2) is 0 Å². The fraction of sp³-hybridized carbons (Fsp3) is 0.500. The normalized spacial score (nSPS) is 22.4. The first-order valence-corrected chi connectivity index (χ1v) is 12.5. The standard InChI is InChI=1S/C28H35N3O3/c1-29-25(22-12-14-24(34-2)15-13-22)31(18-6-9-21-7-4-3-5-8-21)27(33)28(29)16-19-30(20-17-28)26(32)23-10-11-23/h3-5,7-8,12-15,23,25H,6,9-11,16-20H2,1-2H3. The van der Waals surface area contributed by atoms with Gasteiger partial charge >= 0.3 is 0 Å². The molecule has 0 aromatic heterocycles. The zero-order chi connectivity index (χ0) is 23.7. The molecular weight excluding hydrogens is 426 g/mol. The number of ether oxygens (including phenoxy) is 1. The number of likely N-dealkylation sites (N-methyl/N-ethyl adjacent to an activating group) is 1. The van der Waals surface area contributed by atoms with E-state index in [0.717, 1.165) is 37.0 Å². The van der Waals surface area contributed by atoms with Crippen molar-refractivity contribution in [3.63, 3.8) is 0 Å². The minimum Gasteiger partial charge on any atom is -0.497 e. The van der Waals surface area contributed by atoms with E-state index in [1.807, 2.05) is 23.1 Å². The van der Waals surface area contributed by atoms with Gasteiger partial charge in [-0.2, -0.15) is 0 Å². The van der Waals surface area contributed by atoms with Crippen molar-refractivity contribution < 1.29 is 14.3 Å². The van der Waals surface area contributed by atoms with Crippen LogP contribution < -0.4 is 4.74 Å². The van der Waals surface area contributed by atoms with E-state index >= 15 is 0 Å². The molecule has 2 aromatic rings. The molecule has 180 valence electrons. The summed E-state index contributed by atoms with van der Waals surface area (Å²) < 4.78 is 5.36. The Morgan fingerprint density at radius 3 is 2.32 bits per heavy atom. The number of aryl methyl sites for hydroxylation is 1. The van der Waals surface area contributed by atoms with Crippen molar-refractivity contribution in [3.8, 4) is 5.75 Å². The number of hydrogen-bond acceptors (Lipinski definition) is 4. The number of amides is 2. The molecule has 0 bridgehead atoms. The van der Waals surface area contributed by atoms with Crippen LogP contribution >= 0.6 is 0 Å². The summed E-state index contributed by atoms with van der Waals surface area (Å²) in [6.07, 6.45) is 5.19. The van der Waals surface area contributed by atoms with Crippen molar-refractivity contribution in [1.82, 2.24) is 14.7 Å². The second-order valence-corrected chi connectivity index (χ2v) is 9.98. The highest BCUT2D eigenvalue weighted by Gasteiger charge is 2.57. The lowest BCUT2D eigenvalue weighted by atomic mass is 9.85. The van der Waals surface area contributed by atoms with Crippen LogP contribution in [-0.4, -0.2) is 65.8 Å². The van der Waals surface area contributed by atoms with Crippen molar-refractivity contribution in [3.05, 3.63) is 65.7 Å². The number of benzene rings is 2. The predicted octanol–water partition coefficient (Wildman–Crippen LogP) is 3.87. The molecule has 6 heteroatoms. The lowest BCUT2D eigenvalue weighted by molar-refractivity contribution is -0.141. The van der Waals surface area contributed by atoms with E-state index in [-0.39, 0.29) is 23.9 Å². The maximum Gasteiger partial charge on any atom is 0.244 e. The van der Waals surface area contributed by atoms with E-state index < -0.39 is 5.54 Å². The van der Waals surface area contributed by atoms with Crippen molar-refractivity contribution in [2.45, 2.75) is 50.2 Å². The second-order valence-electron chi connectivity index (χ2n) is 9.98. The smallest absolute Gasteiger partial charge is 0.244 e. The molecule has 2 aromatic carbocycles. The number of nitrogens with zero attached hydrogens (tertiary/aromatic N) is 3. The molecule has 0 radical (unpaired) electrons. The summed E-state index contributed by atoms with van der Waals surface area (Å²) in [6, 6.07) is 18.5. The Bertz CT molecular complexity index is 1010. The van der Waals surface area contributed by atoms with Gasteiger partial charge in [-0.3, -0.25) is 14.5 Å². The first kappa shape index (κ1) is 22.9. The van der Waals surface area contributed by atoms with Gasteiger partial charge in [0.15, 0.2) is 0 Å². The van der Waals surface area contributed by atoms with Crippen LogP contribution in [0.15, 0.2) is 54.6 Å². The predicted molar refractivity (Wildman–Crippen MR) is 131 cm³/mol. The van der Waals surface area contributed by atoms with Gasteiger partial charge in [0.05, 0.1) is 7.11 Å². The fourth-order valence-electron chi connectivity index (χ4n) is 5.73. The van der Waals surface area contributed by atoms with E-state index in [9.17, 15) is 9.59 Å². The largest absolute Gasteiger partial charge is 0.497 e. The highest BCUT2D eigenvalue weighted by molar-refractivity contribution is 5.90. The first-order valence-electron chi connectivity index (χ1n) is 12.5. The average molecular weight is 462 g/mol. The summed E-state index contributed by atoms with van der Waals surface area (Å²) in [5.74, 6) is 1.54. The first-order chi connectivity index (χ1) is 16.5. The molecule has 2 amide bonds. The Morgan fingerprint density at radius 1 is 1.03 bits per heavy atom. The highest BCUT2D eigenvalue weighted by atomic mass is 16.5. The summed E-state index contributed by atoms with van der Waals surface area (Å²) in [6.45, 7) is 2.04. The zero-order valence-electron chi connectivity index (χ0n) is 20.3. The molecule has 1 spiro atoms. The quantitative estimate of drug-likeness (QED) is 0.628. The van der Waals surface area contributed by atoms with Gasteiger partial charge in [-0.05, 0) is 68.8 Å². The van der Waals surface area contributed by atoms with E-state index in [0.29, 0.717) is 32.5 Å². The Morgan fingerprint density at radius 2 is 1.71 bits per heavy atom. The van der Waals surface area contributed by atoms with Crippen LogP contribution in [0, 0.1) is 5.92 Å². The average Bonchev–Trinajstić information content (AvgIpc) is 3.71. The number of methoxy groups -OCH3 is 1. The molecule has 1 atom stereocenters. The summed E-state index contributed by atoms with van der Waals surface area (Å²) in [7, 11) is 3.75. The zero-order valence-corrected chi connectivity index (χ0v) is 20.3. The Labute approximate surface area is 202 Å². The van der Waals surface area contributed by atoms with Crippen molar-refractivity contribution in [2.24, 2.45) is 5.92 Å². The van der Waals surface area contributed by atoms with Crippen LogP contribution in [0.3, 0.4) is 0 Å². The van der Waals surface area contributed by atoms with Gasteiger partial charge in [0.2, 0.25) is 11.8 Å². The monoisotopic (exact) mass is 461 g/mol. The third-order valence-electron chi connectivity index (χ3n) is 7.95. The Hall–Kier alpha value is -2.86. The Kier molecular flexibility index (Phi) is 6.34. The van der Waals surface area contributed by atoms with Crippen molar-refractivity contribution in [1.29, 1.82) is 0 Å². The lowest BCUT2D eigenvalue weighted by Crippen LogP contribution is -2.56. The molecule has 1 aliphatic carbocycles. The van der Waals surface area contributed by atoms with Crippen molar-refractivity contribution in [2.75, 3.05) is 33.8 Å². The third-order valence-corrected chi connectivity index (χ3v) is 7.95. The number of likely N-dealkylation sites (tertiary alicyclic amines) is 1. The summed E-state index contributed by atoms with van der Waals surface area (Å²) in [5, 5.41) is 0. The van der Waals surface area contributed by atoms with Crippen LogP contribution in [-0.2, 0) is 16.0 Å². The van der Waals surface area contributed by atoms with Gasteiger partial charge in [-0.1, -0.05) is 42.5 Å². The number of piperidine rings is 1. The molecule has 34 heavy (non-hydrogen) atoms. The minimum absolute atomic E-state index is 0.111. The third kappa shape index (κ3) is 4.20. The summed E-state index contributed by atoms with van der Waals surface area (Å²) >= 11 is 0. The molecule has 5 rings (SSSR count). The van der Waals surface area contributed by atoms with E-state index in [1.165, 1.54) is 5.56 Å². The molecule has 0 N–H and O–H groups in total.